The molecule has 0 saturated heterocycles. The van der Waals surface area contributed by atoms with Crippen molar-refractivity contribution in [2.75, 3.05) is 7.11 Å². The van der Waals surface area contributed by atoms with Crippen LogP contribution in [0.1, 0.15) is 22.7 Å². The van der Waals surface area contributed by atoms with Crippen LogP contribution in [-0.4, -0.2) is 22.9 Å². The van der Waals surface area contributed by atoms with Crippen LogP contribution in [0, 0.1) is 6.92 Å². The fraction of sp³-hybridized carbons (Fsp3) is 0.154. The summed E-state index contributed by atoms with van der Waals surface area (Å²) in [4.78, 5) is 12.0. The number of ether oxygens (including phenoxy) is 1. The van der Waals surface area contributed by atoms with Crippen molar-refractivity contribution in [3.05, 3.63) is 99.7 Å². The van der Waals surface area contributed by atoms with Crippen molar-refractivity contribution in [3.8, 4) is 22.7 Å². The Labute approximate surface area is 202 Å². The second kappa shape index (κ2) is 9.69. The quantitative estimate of drug-likeness (QED) is 0.363. The molecule has 4 rings (SSSR count). The van der Waals surface area contributed by atoms with E-state index in [4.69, 9.17) is 33.0 Å². The van der Waals surface area contributed by atoms with Crippen LogP contribution in [-0.2, 0) is 11.2 Å². The molecule has 0 aliphatic rings. The summed E-state index contributed by atoms with van der Waals surface area (Å²) in [6, 6.07) is 22.1. The van der Waals surface area contributed by atoms with E-state index in [0.717, 1.165) is 28.3 Å². The van der Waals surface area contributed by atoms with Crippen LogP contribution in [0.15, 0.2) is 72.8 Å². The highest BCUT2D eigenvalue weighted by molar-refractivity contribution is 6.42. The summed E-state index contributed by atoms with van der Waals surface area (Å²) in [5.41, 5.74) is 4.64. The lowest BCUT2D eigenvalue weighted by Gasteiger charge is -2.18. The monoisotopic (exact) mass is 479 g/mol. The van der Waals surface area contributed by atoms with E-state index < -0.39 is 11.9 Å². The summed E-state index contributed by atoms with van der Waals surface area (Å²) >= 11 is 12.4. The maximum Gasteiger partial charge on any atom is 0.119 e. The zero-order valence-electron chi connectivity index (χ0n) is 18.1. The topological polar surface area (TPSA) is 67.2 Å². The predicted octanol–water partition coefficient (Wildman–Crippen LogP) is 5.24. The number of aromatic nitrogens is 2. The lowest BCUT2D eigenvalue weighted by molar-refractivity contribution is -0.308. The summed E-state index contributed by atoms with van der Waals surface area (Å²) in [6.07, 6.45) is 0.184. The van der Waals surface area contributed by atoms with Gasteiger partial charge in [-0.05, 0) is 55.0 Å². The van der Waals surface area contributed by atoms with Crippen molar-refractivity contribution >= 4 is 29.2 Å². The molecule has 0 radical (unpaired) electrons. The number of rotatable bonds is 7. The van der Waals surface area contributed by atoms with E-state index in [-0.39, 0.29) is 6.42 Å². The first-order chi connectivity index (χ1) is 15.9. The molecule has 33 heavy (non-hydrogen) atoms. The van der Waals surface area contributed by atoms with E-state index in [1.54, 1.807) is 30.0 Å². The Kier molecular flexibility index (Phi) is 6.72. The van der Waals surface area contributed by atoms with Crippen molar-refractivity contribution in [3.63, 3.8) is 0 Å². The van der Waals surface area contributed by atoms with E-state index in [1.807, 2.05) is 61.5 Å². The molecule has 0 unspecified atom stereocenters. The summed E-state index contributed by atoms with van der Waals surface area (Å²) in [6.45, 7) is 1.93. The molecule has 1 aromatic heterocycles. The maximum absolute atomic E-state index is 12.0. The fourth-order valence-corrected chi connectivity index (χ4v) is 4.04. The first kappa shape index (κ1) is 22.9. The average Bonchev–Trinajstić information content (AvgIpc) is 3.23. The van der Waals surface area contributed by atoms with Crippen LogP contribution in [0.25, 0.3) is 16.9 Å². The Morgan fingerprint density at radius 3 is 2.42 bits per heavy atom. The summed E-state index contributed by atoms with van der Waals surface area (Å²) in [5.74, 6) is -1.25. The Bertz CT molecular complexity index is 1300. The van der Waals surface area contributed by atoms with Crippen molar-refractivity contribution < 1.29 is 14.6 Å². The molecule has 7 heteroatoms. The van der Waals surface area contributed by atoms with Gasteiger partial charge in [0.2, 0.25) is 0 Å². The molecule has 0 fully saturated rings. The zero-order valence-corrected chi connectivity index (χ0v) is 19.6. The van der Waals surface area contributed by atoms with Crippen LogP contribution >= 0.6 is 23.2 Å². The molecule has 0 aliphatic carbocycles. The molecule has 0 N–H and O–H groups in total. The average molecular weight is 480 g/mol. The summed E-state index contributed by atoms with van der Waals surface area (Å²) in [5, 5.41) is 17.6. The lowest BCUT2D eigenvalue weighted by Crippen LogP contribution is -2.31. The van der Waals surface area contributed by atoms with Crippen molar-refractivity contribution in [1.82, 2.24) is 9.78 Å². The van der Waals surface area contributed by atoms with Gasteiger partial charge in [-0.3, -0.25) is 0 Å². The second-order valence-electron chi connectivity index (χ2n) is 7.75. The number of halogens is 2. The SMILES string of the molecule is COc1ccc(-n2nc(C[C@H](C(=O)[O-])c3cccc(C)c3)cc2-c2ccc(Cl)c(Cl)c2)cc1. The van der Waals surface area contributed by atoms with Gasteiger partial charge >= 0.3 is 0 Å². The fourth-order valence-electron chi connectivity index (χ4n) is 3.74. The molecular formula is C26H21Cl2N2O3-. The van der Waals surface area contributed by atoms with Crippen LogP contribution in [0.4, 0.5) is 0 Å². The minimum Gasteiger partial charge on any atom is -0.549 e. The largest absolute Gasteiger partial charge is 0.549 e. The molecule has 4 aromatic rings. The van der Waals surface area contributed by atoms with Gasteiger partial charge in [-0.2, -0.15) is 5.10 Å². The number of aryl methyl sites for hydroxylation is 1. The van der Waals surface area contributed by atoms with E-state index >= 15 is 0 Å². The smallest absolute Gasteiger partial charge is 0.119 e. The summed E-state index contributed by atoms with van der Waals surface area (Å²) < 4.78 is 7.02. The Hall–Kier alpha value is -3.28. The number of carboxylic acids is 1. The van der Waals surface area contributed by atoms with E-state index in [0.29, 0.717) is 21.3 Å². The van der Waals surface area contributed by atoms with Gasteiger partial charge in [-0.25, -0.2) is 4.68 Å². The first-order valence-electron chi connectivity index (χ1n) is 10.3. The highest BCUT2D eigenvalue weighted by Crippen LogP contribution is 2.32. The molecule has 0 amide bonds. The zero-order chi connectivity index (χ0) is 23.5. The van der Waals surface area contributed by atoms with Gasteiger partial charge in [-0.15, -0.1) is 0 Å². The van der Waals surface area contributed by atoms with Gasteiger partial charge in [0.1, 0.15) is 5.75 Å². The minimum atomic E-state index is -1.14. The molecule has 3 aromatic carbocycles. The molecule has 5 nitrogen and oxygen atoms in total. The van der Waals surface area contributed by atoms with Crippen LogP contribution in [0.5, 0.6) is 5.75 Å². The number of hydrogen-bond donors (Lipinski definition) is 0. The molecule has 0 aliphatic heterocycles. The molecule has 1 heterocycles. The van der Waals surface area contributed by atoms with Crippen molar-refractivity contribution in [2.24, 2.45) is 0 Å². The number of methoxy groups -OCH3 is 1. The van der Waals surface area contributed by atoms with Gasteiger partial charge in [0.15, 0.2) is 0 Å². The highest BCUT2D eigenvalue weighted by Gasteiger charge is 2.19. The van der Waals surface area contributed by atoms with Crippen LogP contribution in [0.3, 0.4) is 0 Å². The third kappa shape index (κ3) is 5.05. The van der Waals surface area contributed by atoms with Gasteiger partial charge in [0.05, 0.1) is 34.2 Å². The van der Waals surface area contributed by atoms with Crippen molar-refractivity contribution in [2.45, 2.75) is 19.3 Å². The van der Waals surface area contributed by atoms with Gasteiger partial charge in [0, 0.05) is 23.9 Å². The Morgan fingerprint density at radius 2 is 1.79 bits per heavy atom. The molecular weight excluding hydrogens is 459 g/mol. The standard InChI is InChI=1S/C26H22Cl2N2O3/c1-16-4-3-5-17(12-16)22(26(31)32)14-19-15-25(18-6-11-23(27)24(28)13-18)30(29-19)20-7-9-21(33-2)10-8-20/h3-13,15,22H,14H2,1-2H3,(H,31,32)/p-1/t22-/m0/s1. The second-order valence-corrected chi connectivity index (χ2v) is 8.56. The molecule has 0 spiro atoms. The van der Waals surface area contributed by atoms with Crippen LogP contribution in [0.2, 0.25) is 10.0 Å². The number of carbonyl (C=O) groups is 1. The molecule has 0 saturated carbocycles. The number of hydrogen-bond acceptors (Lipinski definition) is 4. The maximum atomic E-state index is 12.0. The van der Waals surface area contributed by atoms with Crippen LogP contribution < -0.4 is 9.84 Å². The van der Waals surface area contributed by atoms with Gasteiger partial charge < -0.3 is 14.6 Å². The molecule has 1 atom stereocenters. The lowest BCUT2D eigenvalue weighted by atomic mass is 9.93. The van der Waals surface area contributed by atoms with Gasteiger partial charge in [-0.1, -0.05) is 59.1 Å². The number of aliphatic carboxylic acids is 1. The minimum absolute atomic E-state index is 0.184. The molecule has 0 bridgehead atoms. The van der Waals surface area contributed by atoms with Crippen molar-refractivity contribution in [1.29, 1.82) is 0 Å². The third-order valence-electron chi connectivity index (χ3n) is 5.43. The number of carboxylic acid groups (broad SMARTS) is 1. The summed E-state index contributed by atoms with van der Waals surface area (Å²) in [7, 11) is 1.60. The van der Waals surface area contributed by atoms with E-state index in [9.17, 15) is 9.90 Å². The highest BCUT2D eigenvalue weighted by atomic mass is 35.5. The molecule has 168 valence electrons. The number of benzene rings is 3. The predicted molar refractivity (Wildman–Crippen MR) is 128 cm³/mol. The third-order valence-corrected chi connectivity index (χ3v) is 6.17. The number of nitrogens with zero attached hydrogens (tertiary/aromatic N) is 2. The Balaban J connectivity index is 1.79. The Morgan fingerprint density at radius 1 is 1.03 bits per heavy atom. The van der Waals surface area contributed by atoms with Gasteiger partial charge in [0.25, 0.3) is 0 Å². The van der Waals surface area contributed by atoms with E-state index in [1.165, 1.54) is 0 Å². The first-order valence-corrected chi connectivity index (χ1v) is 11.1. The number of carbonyl (C=O) groups excluding carboxylic acids is 1. The van der Waals surface area contributed by atoms with E-state index in [2.05, 4.69) is 0 Å². The normalized spacial score (nSPS) is 11.9.